The first-order valence-corrected chi connectivity index (χ1v) is 8.41. The second-order valence-corrected chi connectivity index (χ2v) is 6.28. The number of aliphatic hydroxyl groups is 1. The minimum Gasteiger partial charge on any atom is -0.466 e. The number of likely N-dealkylation sites (tertiary alicyclic amines) is 1. The first-order valence-electron chi connectivity index (χ1n) is 8.41. The number of hydrogen-bond acceptors (Lipinski definition) is 5. The van der Waals surface area contributed by atoms with Crippen LogP contribution in [0.1, 0.15) is 30.9 Å². The summed E-state index contributed by atoms with van der Waals surface area (Å²) in [6, 6.07) is 6.07. The number of β-amino-alcohol motifs (C(OH)–C–C–N with tert-alkyl or cyclic N) is 1. The molecule has 2 rings (SSSR count). The van der Waals surface area contributed by atoms with E-state index in [1.54, 1.807) is 0 Å². The number of carbonyl (C=O) groups is 1. The molecule has 128 valence electrons. The lowest BCUT2D eigenvalue weighted by Crippen LogP contribution is -2.44. The van der Waals surface area contributed by atoms with Crippen LogP contribution in [0.15, 0.2) is 18.2 Å². The van der Waals surface area contributed by atoms with Crippen molar-refractivity contribution < 1.29 is 14.6 Å². The summed E-state index contributed by atoms with van der Waals surface area (Å²) in [5.41, 5.74) is 3.22. The van der Waals surface area contributed by atoms with E-state index in [2.05, 4.69) is 10.2 Å². The molecule has 1 aromatic carbocycles. The maximum atomic E-state index is 11.9. The van der Waals surface area contributed by atoms with Crippen LogP contribution in [0.2, 0.25) is 0 Å². The highest BCUT2D eigenvalue weighted by atomic mass is 16.5. The van der Waals surface area contributed by atoms with Crippen molar-refractivity contribution >= 4 is 11.7 Å². The number of nitrogens with one attached hydrogen (secondary N) is 1. The molecule has 0 spiro atoms. The Bertz CT molecular complexity index is 513. The molecule has 1 fully saturated rings. The third-order valence-electron chi connectivity index (χ3n) is 4.35. The largest absolute Gasteiger partial charge is 0.466 e. The van der Waals surface area contributed by atoms with Gasteiger partial charge in [-0.3, -0.25) is 9.69 Å². The number of anilines is 1. The molecule has 1 heterocycles. The molecule has 0 bridgehead atoms. The minimum absolute atomic E-state index is 0.0731. The second kappa shape index (κ2) is 8.31. The molecule has 1 aliphatic heterocycles. The molecule has 0 amide bonds. The molecule has 5 heteroatoms. The number of ether oxygens (including phenoxy) is 1. The predicted octanol–water partition coefficient (Wildman–Crippen LogP) is 2.31. The van der Waals surface area contributed by atoms with Crippen LogP contribution in [0.4, 0.5) is 5.69 Å². The van der Waals surface area contributed by atoms with E-state index in [0.717, 1.165) is 36.2 Å². The fourth-order valence-corrected chi connectivity index (χ4v) is 3.17. The first-order chi connectivity index (χ1) is 11.0. The van der Waals surface area contributed by atoms with Gasteiger partial charge in [-0.2, -0.15) is 0 Å². The number of para-hydroxylation sites is 1. The van der Waals surface area contributed by atoms with Crippen molar-refractivity contribution in [2.45, 2.75) is 39.8 Å². The Balaban J connectivity index is 1.89. The van der Waals surface area contributed by atoms with Crippen molar-refractivity contribution in [2.24, 2.45) is 5.92 Å². The quantitative estimate of drug-likeness (QED) is 0.622. The van der Waals surface area contributed by atoms with Gasteiger partial charge in [0.2, 0.25) is 0 Å². The highest BCUT2D eigenvalue weighted by Gasteiger charge is 2.27. The van der Waals surface area contributed by atoms with E-state index in [1.807, 2.05) is 39.0 Å². The average Bonchev–Trinajstić information content (AvgIpc) is 2.51. The van der Waals surface area contributed by atoms with Crippen LogP contribution in [-0.4, -0.2) is 48.4 Å². The lowest BCUT2D eigenvalue weighted by Gasteiger charge is -2.33. The van der Waals surface area contributed by atoms with Gasteiger partial charge in [0.1, 0.15) is 6.23 Å². The molecule has 0 aliphatic carbocycles. The summed E-state index contributed by atoms with van der Waals surface area (Å²) in [7, 11) is 0. The summed E-state index contributed by atoms with van der Waals surface area (Å²) in [6.45, 7) is 8.37. The number of carbonyl (C=O) groups excluding carboxylic acids is 1. The van der Waals surface area contributed by atoms with Crippen molar-refractivity contribution in [1.29, 1.82) is 0 Å². The van der Waals surface area contributed by atoms with Crippen molar-refractivity contribution in [1.82, 2.24) is 4.90 Å². The monoisotopic (exact) mass is 320 g/mol. The molecule has 1 aromatic rings. The van der Waals surface area contributed by atoms with E-state index >= 15 is 0 Å². The highest BCUT2D eigenvalue weighted by Crippen LogP contribution is 2.21. The van der Waals surface area contributed by atoms with Gasteiger partial charge in [0, 0.05) is 18.8 Å². The first kappa shape index (κ1) is 17.8. The summed E-state index contributed by atoms with van der Waals surface area (Å²) < 4.78 is 5.12. The fourth-order valence-electron chi connectivity index (χ4n) is 3.17. The molecule has 0 saturated carbocycles. The maximum absolute atomic E-state index is 11.9. The van der Waals surface area contributed by atoms with E-state index < -0.39 is 6.23 Å². The van der Waals surface area contributed by atoms with Crippen LogP contribution in [0, 0.1) is 19.8 Å². The zero-order valence-electron chi connectivity index (χ0n) is 14.3. The Morgan fingerprint density at radius 3 is 2.78 bits per heavy atom. The van der Waals surface area contributed by atoms with Gasteiger partial charge in [-0.1, -0.05) is 18.2 Å². The SMILES string of the molecule is CCOC(=O)C1CCCN(CC(O)Nc2c(C)cccc2C)C1. The molecule has 0 aromatic heterocycles. The number of aryl methyl sites for hydroxylation is 2. The molecule has 23 heavy (non-hydrogen) atoms. The van der Waals surface area contributed by atoms with Gasteiger partial charge in [0.25, 0.3) is 0 Å². The summed E-state index contributed by atoms with van der Waals surface area (Å²) >= 11 is 0. The maximum Gasteiger partial charge on any atom is 0.310 e. The van der Waals surface area contributed by atoms with Crippen LogP contribution in [0.3, 0.4) is 0 Å². The fraction of sp³-hybridized carbons (Fsp3) is 0.611. The summed E-state index contributed by atoms with van der Waals surface area (Å²) in [4.78, 5) is 14.0. The van der Waals surface area contributed by atoms with Gasteiger partial charge < -0.3 is 15.2 Å². The van der Waals surface area contributed by atoms with E-state index in [-0.39, 0.29) is 11.9 Å². The number of hydrogen-bond donors (Lipinski definition) is 2. The van der Waals surface area contributed by atoms with Gasteiger partial charge >= 0.3 is 5.97 Å². The van der Waals surface area contributed by atoms with Crippen LogP contribution < -0.4 is 5.32 Å². The molecule has 2 atom stereocenters. The molecular formula is C18H28N2O3. The zero-order chi connectivity index (χ0) is 16.8. The molecule has 5 nitrogen and oxygen atoms in total. The number of esters is 1. The predicted molar refractivity (Wildman–Crippen MR) is 91.3 cm³/mol. The van der Waals surface area contributed by atoms with E-state index in [4.69, 9.17) is 4.74 Å². The van der Waals surface area contributed by atoms with E-state index in [0.29, 0.717) is 19.7 Å². The van der Waals surface area contributed by atoms with Gasteiger partial charge in [-0.05, 0) is 51.3 Å². The minimum atomic E-state index is -0.657. The number of benzene rings is 1. The number of rotatable bonds is 6. The van der Waals surface area contributed by atoms with Crippen LogP contribution >= 0.6 is 0 Å². The summed E-state index contributed by atoms with van der Waals surface area (Å²) in [5.74, 6) is -0.189. The van der Waals surface area contributed by atoms with Gasteiger partial charge in [0.15, 0.2) is 0 Å². The number of nitrogens with zero attached hydrogens (tertiary/aromatic N) is 1. The third kappa shape index (κ3) is 4.94. The molecule has 1 aliphatic rings. The zero-order valence-corrected chi connectivity index (χ0v) is 14.3. The molecule has 1 saturated heterocycles. The summed E-state index contributed by atoms with van der Waals surface area (Å²) in [6.07, 6.45) is 1.17. The standard InChI is InChI=1S/C18H28N2O3/c1-4-23-18(22)15-9-6-10-20(11-15)12-16(21)19-17-13(2)7-5-8-14(17)3/h5,7-8,15-16,19,21H,4,6,9-12H2,1-3H3. The topological polar surface area (TPSA) is 61.8 Å². The van der Waals surface area contributed by atoms with Gasteiger partial charge in [0.05, 0.1) is 12.5 Å². The van der Waals surface area contributed by atoms with E-state index in [9.17, 15) is 9.90 Å². The normalized spacial score (nSPS) is 20.1. The average molecular weight is 320 g/mol. The van der Waals surface area contributed by atoms with Crippen molar-refractivity contribution in [3.8, 4) is 0 Å². The lowest BCUT2D eigenvalue weighted by molar-refractivity contribution is -0.150. The Morgan fingerprint density at radius 2 is 2.13 bits per heavy atom. The highest BCUT2D eigenvalue weighted by molar-refractivity contribution is 5.72. The Morgan fingerprint density at radius 1 is 1.43 bits per heavy atom. The third-order valence-corrected chi connectivity index (χ3v) is 4.35. The van der Waals surface area contributed by atoms with Crippen LogP contribution in [0.25, 0.3) is 0 Å². The van der Waals surface area contributed by atoms with Crippen LogP contribution in [0.5, 0.6) is 0 Å². The molecule has 2 unspecified atom stereocenters. The molecule has 0 radical (unpaired) electrons. The Kier molecular flexibility index (Phi) is 6.42. The smallest absolute Gasteiger partial charge is 0.310 e. The van der Waals surface area contributed by atoms with Gasteiger partial charge in [-0.15, -0.1) is 0 Å². The summed E-state index contributed by atoms with van der Waals surface area (Å²) in [5, 5.41) is 13.6. The molecule has 2 N–H and O–H groups in total. The Hall–Kier alpha value is -1.59. The van der Waals surface area contributed by atoms with E-state index in [1.165, 1.54) is 0 Å². The van der Waals surface area contributed by atoms with Crippen molar-refractivity contribution in [2.75, 3.05) is 31.6 Å². The molecular weight excluding hydrogens is 292 g/mol. The van der Waals surface area contributed by atoms with Crippen molar-refractivity contribution in [3.05, 3.63) is 29.3 Å². The second-order valence-electron chi connectivity index (χ2n) is 6.28. The van der Waals surface area contributed by atoms with Crippen LogP contribution in [-0.2, 0) is 9.53 Å². The number of piperidine rings is 1. The lowest BCUT2D eigenvalue weighted by atomic mass is 9.98. The van der Waals surface area contributed by atoms with Crippen molar-refractivity contribution in [3.63, 3.8) is 0 Å². The number of aliphatic hydroxyl groups excluding tert-OH is 1. The van der Waals surface area contributed by atoms with Gasteiger partial charge in [-0.25, -0.2) is 0 Å². The Labute approximate surface area is 138 Å².